The van der Waals surface area contributed by atoms with Crippen molar-refractivity contribution in [2.24, 2.45) is 11.8 Å². The monoisotopic (exact) mass is 596 g/mol. The molecule has 0 radical (unpaired) electrons. The summed E-state index contributed by atoms with van der Waals surface area (Å²) in [5.41, 5.74) is 0.584. The largest absolute Gasteiger partial charge is 0.441 e. The number of nitro groups is 2. The Kier molecular flexibility index (Phi) is 10.9. The van der Waals surface area contributed by atoms with Gasteiger partial charge in [-0.1, -0.05) is 24.3 Å². The Balaban J connectivity index is 1.13. The molecule has 0 heterocycles. The van der Waals surface area contributed by atoms with Gasteiger partial charge < -0.3 is 20.1 Å². The minimum Gasteiger partial charge on any atom is -0.441 e. The molecule has 0 spiro atoms. The van der Waals surface area contributed by atoms with Gasteiger partial charge in [0.15, 0.2) is 0 Å². The molecule has 2 unspecified atom stereocenters. The lowest BCUT2D eigenvalue weighted by Crippen LogP contribution is -2.39. The second-order valence-electron chi connectivity index (χ2n) is 11.7. The normalized spacial score (nSPS) is 23.3. The second-order valence-corrected chi connectivity index (χ2v) is 11.7. The second kappa shape index (κ2) is 14.8. The molecule has 2 fully saturated rings. The van der Waals surface area contributed by atoms with Gasteiger partial charge in [0.05, 0.1) is 21.0 Å². The Morgan fingerprint density at radius 3 is 1.40 bits per heavy atom. The minimum atomic E-state index is -0.738. The van der Waals surface area contributed by atoms with E-state index in [9.17, 15) is 29.8 Å². The smallest absolute Gasteiger partial charge is 0.407 e. The van der Waals surface area contributed by atoms with Gasteiger partial charge in [0.1, 0.15) is 12.2 Å². The zero-order valence-corrected chi connectivity index (χ0v) is 24.6. The van der Waals surface area contributed by atoms with Crippen LogP contribution in [-0.2, 0) is 9.47 Å². The lowest BCUT2D eigenvalue weighted by Gasteiger charge is -2.34. The van der Waals surface area contributed by atoms with Crippen LogP contribution in [0.4, 0.5) is 21.0 Å². The number of hydrogen-bond acceptors (Lipinski definition) is 8. The van der Waals surface area contributed by atoms with E-state index in [-0.39, 0.29) is 23.5 Å². The molecule has 2 atom stereocenters. The van der Waals surface area contributed by atoms with Crippen LogP contribution in [0.3, 0.4) is 0 Å². The van der Waals surface area contributed by atoms with Gasteiger partial charge in [-0.2, -0.15) is 0 Å². The zero-order chi connectivity index (χ0) is 30.9. The number of benzene rings is 2. The molecular formula is C31H40N4O8. The third kappa shape index (κ3) is 8.89. The number of ether oxygens (including phenoxy) is 2. The highest BCUT2D eigenvalue weighted by atomic mass is 16.6. The summed E-state index contributed by atoms with van der Waals surface area (Å²) in [6, 6.07) is 12.6. The number of hydrogen-bond donors (Lipinski definition) is 2. The van der Waals surface area contributed by atoms with E-state index in [1.807, 2.05) is 0 Å². The first-order valence-corrected chi connectivity index (χ1v) is 15.0. The highest BCUT2D eigenvalue weighted by Gasteiger charge is 2.30. The number of carbonyl (C=O) groups is 2. The van der Waals surface area contributed by atoms with E-state index in [1.165, 1.54) is 12.1 Å². The number of nitrogens with one attached hydrogen (secondary N) is 2. The third-order valence-electron chi connectivity index (χ3n) is 8.71. The van der Waals surface area contributed by atoms with Crippen molar-refractivity contribution >= 4 is 23.6 Å². The van der Waals surface area contributed by atoms with Crippen molar-refractivity contribution < 1.29 is 28.9 Å². The number of carbonyl (C=O) groups excluding carboxylic acids is 2. The van der Waals surface area contributed by atoms with Gasteiger partial charge in [-0.15, -0.1) is 0 Å². The molecular weight excluding hydrogens is 556 g/mol. The van der Waals surface area contributed by atoms with Crippen LogP contribution in [0.2, 0.25) is 0 Å². The Hall–Kier alpha value is -4.22. The summed E-state index contributed by atoms with van der Waals surface area (Å²) in [5.74, 6) is 1.17. The number of amides is 2. The summed E-state index contributed by atoms with van der Waals surface area (Å²) in [6.07, 6.45) is 6.02. The molecule has 12 heteroatoms. The maximum atomic E-state index is 12.5. The molecule has 2 aromatic carbocycles. The van der Waals surface area contributed by atoms with E-state index < -0.39 is 34.2 Å². The molecule has 2 N–H and O–H groups in total. The van der Waals surface area contributed by atoms with Crippen LogP contribution in [0, 0.1) is 32.1 Å². The van der Waals surface area contributed by atoms with Crippen molar-refractivity contribution in [3.05, 3.63) is 79.9 Å². The summed E-state index contributed by atoms with van der Waals surface area (Å²) in [6.45, 7) is 3.26. The number of rotatable bonds is 10. The van der Waals surface area contributed by atoms with Crippen LogP contribution in [-0.4, -0.2) is 34.1 Å². The Labute approximate surface area is 250 Å². The van der Waals surface area contributed by atoms with Gasteiger partial charge in [0, 0.05) is 24.2 Å². The fourth-order valence-corrected chi connectivity index (χ4v) is 6.40. The molecule has 12 nitrogen and oxygen atoms in total. The summed E-state index contributed by atoms with van der Waals surface area (Å²) in [7, 11) is 0. The average Bonchev–Trinajstić information content (AvgIpc) is 2.99. The van der Waals surface area contributed by atoms with Crippen molar-refractivity contribution in [2.75, 3.05) is 0 Å². The highest BCUT2D eigenvalue weighted by Crippen LogP contribution is 2.36. The first-order chi connectivity index (χ1) is 20.6. The molecule has 2 saturated carbocycles. The predicted molar refractivity (Wildman–Crippen MR) is 158 cm³/mol. The summed E-state index contributed by atoms with van der Waals surface area (Å²) in [4.78, 5) is 46.6. The van der Waals surface area contributed by atoms with E-state index in [1.54, 1.807) is 50.2 Å². The first-order valence-electron chi connectivity index (χ1n) is 15.0. The minimum absolute atomic E-state index is 0.0207. The van der Waals surface area contributed by atoms with Crippen molar-refractivity contribution in [1.29, 1.82) is 0 Å². The molecule has 0 aromatic heterocycles. The zero-order valence-electron chi connectivity index (χ0n) is 24.6. The van der Waals surface area contributed by atoms with Gasteiger partial charge in [0.25, 0.3) is 11.4 Å². The molecule has 0 bridgehead atoms. The Morgan fingerprint density at radius 2 is 1.05 bits per heavy atom. The summed E-state index contributed by atoms with van der Waals surface area (Å²) < 4.78 is 10.9. The SMILES string of the molecule is CC(OC(=O)NC1CCC(CC2CCC(NC(=O)OC(C)c3ccccc3[N+](=O)[O-])CC2)CC1)c1ccccc1[N+](=O)[O-]. The quantitative estimate of drug-likeness (QED) is 0.213. The lowest BCUT2D eigenvalue weighted by atomic mass is 9.76. The number of para-hydroxylation sites is 2. The van der Waals surface area contributed by atoms with Crippen molar-refractivity contribution in [3.8, 4) is 0 Å². The van der Waals surface area contributed by atoms with Crippen LogP contribution >= 0.6 is 0 Å². The number of alkyl carbamates (subject to hydrolysis) is 2. The van der Waals surface area contributed by atoms with Gasteiger partial charge in [-0.25, -0.2) is 9.59 Å². The molecule has 0 saturated heterocycles. The van der Waals surface area contributed by atoms with Crippen LogP contribution in [0.25, 0.3) is 0 Å². The van der Waals surface area contributed by atoms with E-state index in [0.717, 1.165) is 57.8 Å². The summed E-state index contributed by atoms with van der Waals surface area (Å²) >= 11 is 0. The van der Waals surface area contributed by atoms with Crippen molar-refractivity contribution in [3.63, 3.8) is 0 Å². The molecule has 0 aliphatic heterocycles. The van der Waals surface area contributed by atoms with Gasteiger partial charge in [0.2, 0.25) is 0 Å². The Morgan fingerprint density at radius 1 is 0.698 bits per heavy atom. The van der Waals surface area contributed by atoms with E-state index in [2.05, 4.69) is 10.6 Å². The molecule has 2 amide bonds. The number of nitro benzene ring substituents is 2. The maximum Gasteiger partial charge on any atom is 0.407 e. The van der Waals surface area contributed by atoms with E-state index >= 15 is 0 Å². The molecule has 43 heavy (non-hydrogen) atoms. The average molecular weight is 597 g/mol. The predicted octanol–water partition coefficient (Wildman–Crippen LogP) is 7.29. The topological polar surface area (TPSA) is 163 Å². The number of nitrogens with zero attached hydrogens (tertiary/aromatic N) is 2. The van der Waals surface area contributed by atoms with Gasteiger partial charge in [-0.3, -0.25) is 20.2 Å². The fraction of sp³-hybridized carbons (Fsp3) is 0.548. The highest BCUT2D eigenvalue weighted by molar-refractivity contribution is 5.68. The van der Waals surface area contributed by atoms with Crippen LogP contribution in [0.1, 0.15) is 95.0 Å². The maximum absolute atomic E-state index is 12.5. The fourth-order valence-electron chi connectivity index (χ4n) is 6.40. The molecule has 2 aliphatic carbocycles. The van der Waals surface area contributed by atoms with Crippen molar-refractivity contribution in [2.45, 2.75) is 95.9 Å². The molecule has 2 aliphatic rings. The van der Waals surface area contributed by atoms with Crippen LogP contribution in [0.5, 0.6) is 0 Å². The Bertz CT molecular complexity index is 1190. The molecule has 4 rings (SSSR count). The van der Waals surface area contributed by atoms with E-state index in [0.29, 0.717) is 23.0 Å². The van der Waals surface area contributed by atoms with Crippen LogP contribution < -0.4 is 10.6 Å². The van der Waals surface area contributed by atoms with Crippen LogP contribution in [0.15, 0.2) is 48.5 Å². The van der Waals surface area contributed by atoms with Crippen molar-refractivity contribution in [1.82, 2.24) is 10.6 Å². The van der Waals surface area contributed by atoms with Gasteiger partial charge >= 0.3 is 12.2 Å². The molecule has 2 aromatic rings. The standard InChI is InChI=1S/C31H40N4O8/c1-20(26-7-3-5-9-28(26)34(38)39)42-30(36)32-24-15-11-22(12-16-24)19-23-13-17-25(18-14-23)33-31(37)43-21(2)27-8-4-6-10-29(27)35(40)41/h3-10,20-25H,11-19H2,1-2H3,(H,32,36)(H,33,37). The third-order valence-corrected chi connectivity index (χ3v) is 8.71. The summed E-state index contributed by atoms with van der Waals surface area (Å²) in [5, 5.41) is 28.4. The van der Waals surface area contributed by atoms with Gasteiger partial charge in [-0.05, 0) is 95.6 Å². The lowest BCUT2D eigenvalue weighted by molar-refractivity contribution is -0.386. The van der Waals surface area contributed by atoms with E-state index in [4.69, 9.17) is 9.47 Å². The first kappa shape index (κ1) is 31.7. The molecule has 232 valence electrons.